The van der Waals surface area contributed by atoms with Crippen LogP contribution in [0.1, 0.15) is 33.6 Å². The molecule has 0 aromatic rings. The van der Waals surface area contributed by atoms with Crippen molar-refractivity contribution in [1.82, 2.24) is 10.6 Å². The Kier molecular flexibility index (Phi) is 6.21. The number of hydrogen-bond acceptors (Lipinski definition) is 1. The van der Waals surface area contributed by atoms with E-state index in [-0.39, 0.29) is 6.04 Å². The zero-order valence-electron chi connectivity index (χ0n) is 9.82. The summed E-state index contributed by atoms with van der Waals surface area (Å²) in [6.45, 7) is 4.54. The zero-order valence-corrected chi connectivity index (χ0v) is 9.82. The maximum atomic E-state index is 11.8. The van der Waals surface area contributed by atoms with Crippen LogP contribution in [0.4, 0.5) is 18.0 Å². The molecule has 0 aromatic heterocycles. The second-order valence-corrected chi connectivity index (χ2v) is 4.09. The van der Waals surface area contributed by atoms with Crippen molar-refractivity contribution in [1.29, 1.82) is 0 Å². The van der Waals surface area contributed by atoms with E-state index >= 15 is 0 Å². The standard InChI is InChI=1S/C10H19F3N2O/c1-4-7(2)5-8(3)15-9(16)14-6-10(11,12)13/h7-8H,4-6H2,1-3H3,(H2,14,15,16). The molecule has 0 fully saturated rings. The van der Waals surface area contributed by atoms with Crippen LogP contribution < -0.4 is 10.6 Å². The Morgan fingerprint density at radius 3 is 2.31 bits per heavy atom. The highest BCUT2D eigenvalue weighted by atomic mass is 19.4. The second kappa shape index (κ2) is 6.60. The number of hydrogen-bond donors (Lipinski definition) is 2. The SMILES string of the molecule is CCC(C)CC(C)NC(=O)NCC(F)(F)F. The predicted molar refractivity (Wildman–Crippen MR) is 56.1 cm³/mol. The van der Waals surface area contributed by atoms with Crippen molar-refractivity contribution in [2.24, 2.45) is 5.92 Å². The van der Waals surface area contributed by atoms with Gasteiger partial charge in [-0.3, -0.25) is 0 Å². The van der Waals surface area contributed by atoms with E-state index in [1.54, 1.807) is 12.2 Å². The van der Waals surface area contributed by atoms with Crippen molar-refractivity contribution in [3.63, 3.8) is 0 Å². The molecular formula is C10H19F3N2O. The highest BCUT2D eigenvalue weighted by molar-refractivity contribution is 5.74. The molecule has 0 aliphatic rings. The largest absolute Gasteiger partial charge is 0.405 e. The summed E-state index contributed by atoms with van der Waals surface area (Å²) in [7, 11) is 0. The van der Waals surface area contributed by atoms with Crippen LogP contribution in [0.25, 0.3) is 0 Å². The van der Waals surface area contributed by atoms with Gasteiger partial charge in [0.2, 0.25) is 0 Å². The molecule has 0 rings (SSSR count). The Morgan fingerprint density at radius 2 is 1.88 bits per heavy atom. The van der Waals surface area contributed by atoms with Gasteiger partial charge in [0.1, 0.15) is 6.54 Å². The smallest absolute Gasteiger partial charge is 0.336 e. The molecule has 0 radical (unpaired) electrons. The fourth-order valence-corrected chi connectivity index (χ4v) is 1.28. The van der Waals surface area contributed by atoms with Gasteiger partial charge in [-0.25, -0.2) is 4.79 Å². The molecule has 2 amide bonds. The quantitative estimate of drug-likeness (QED) is 0.762. The van der Waals surface area contributed by atoms with E-state index in [1.165, 1.54) is 0 Å². The molecule has 16 heavy (non-hydrogen) atoms. The van der Waals surface area contributed by atoms with E-state index in [4.69, 9.17) is 0 Å². The third-order valence-electron chi connectivity index (χ3n) is 2.28. The van der Waals surface area contributed by atoms with Gasteiger partial charge in [0.05, 0.1) is 0 Å². The van der Waals surface area contributed by atoms with E-state index in [0.29, 0.717) is 5.92 Å². The number of rotatable bonds is 5. The van der Waals surface area contributed by atoms with E-state index in [2.05, 4.69) is 5.32 Å². The number of carbonyl (C=O) groups excluding carboxylic acids is 1. The maximum Gasteiger partial charge on any atom is 0.405 e. The average molecular weight is 240 g/mol. The summed E-state index contributed by atoms with van der Waals surface area (Å²) in [6.07, 6.45) is -2.62. The molecule has 0 heterocycles. The molecule has 0 saturated carbocycles. The van der Waals surface area contributed by atoms with Crippen LogP contribution >= 0.6 is 0 Å². The Bertz CT molecular complexity index is 219. The summed E-state index contributed by atoms with van der Waals surface area (Å²) in [6, 6.07) is -0.892. The lowest BCUT2D eigenvalue weighted by Gasteiger charge is -2.18. The summed E-state index contributed by atoms with van der Waals surface area (Å²) in [5.74, 6) is 0.443. The molecule has 0 bridgehead atoms. The van der Waals surface area contributed by atoms with Crippen LogP contribution in [0.15, 0.2) is 0 Å². The van der Waals surface area contributed by atoms with Crippen molar-refractivity contribution in [3.05, 3.63) is 0 Å². The predicted octanol–water partition coefficient (Wildman–Crippen LogP) is 2.67. The lowest BCUT2D eigenvalue weighted by molar-refractivity contribution is -0.122. The Morgan fingerprint density at radius 1 is 1.31 bits per heavy atom. The van der Waals surface area contributed by atoms with Crippen LogP contribution in [-0.4, -0.2) is 24.8 Å². The van der Waals surface area contributed by atoms with Gasteiger partial charge in [-0.1, -0.05) is 20.3 Å². The zero-order chi connectivity index (χ0) is 12.8. The number of amides is 2. The molecule has 2 N–H and O–H groups in total. The van der Waals surface area contributed by atoms with Gasteiger partial charge in [-0.2, -0.15) is 13.2 Å². The first-order valence-corrected chi connectivity index (χ1v) is 5.35. The summed E-state index contributed by atoms with van der Waals surface area (Å²) in [4.78, 5) is 11.0. The average Bonchev–Trinajstić information content (AvgIpc) is 2.13. The third kappa shape index (κ3) is 8.38. The highest BCUT2D eigenvalue weighted by Crippen LogP contribution is 2.12. The summed E-state index contributed by atoms with van der Waals surface area (Å²) >= 11 is 0. The van der Waals surface area contributed by atoms with Crippen LogP contribution in [-0.2, 0) is 0 Å². The van der Waals surface area contributed by atoms with Gasteiger partial charge >= 0.3 is 12.2 Å². The third-order valence-corrected chi connectivity index (χ3v) is 2.28. The number of carbonyl (C=O) groups is 1. The topological polar surface area (TPSA) is 41.1 Å². The van der Waals surface area contributed by atoms with E-state index in [9.17, 15) is 18.0 Å². The first-order valence-electron chi connectivity index (χ1n) is 5.35. The maximum absolute atomic E-state index is 11.8. The van der Waals surface area contributed by atoms with Crippen molar-refractivity contribution < 1.29 is 18.0 Å². The second-order valence-electron chi connectivity index (χ2n) is 4.09. The summed E-state index contributed by atoms with van der Waals surface area (Å²) in [5, 5.41) is 4.24. The molecule has 96 valence electrons. The van der Waals surface area contributed by atoms with Crippen LogP contribution in [0.3, 0.4) is 0 Å². The molecule has 0 aliphatic heterocycles. The molecule has 0 saturated heterocycles. The van der Waals surface area contributed by atoms with Crippen molar-refractivity contribution in [2.45, 2.75) is 45.8 Å². The lowest BCUT2D eigenvalue weighted by atomic mass is 10.0. The van der Waals surface area contributed by atoms with Gasteiger partial charge < -0.3 is 10.6 Å². The van der Waals surface area contributed by atoms with Crippen molar-refractivity contribution in [2.75, 3.05) is 6.54 Å². The van der Waals surface area contributed by atoms with Gasteiger partial charge in [-0.05, 0) is 19.3 Å². The number of halogens is 3. The molecular weight excluding hydrogens is 221 g/mol. The molecule has 0 aromatic carbocycles. The fraction of sp³-hybridized carbons (Fsp3) is 0.900. The molecule has 3 nitrogen and oxygen atoms in total. The van der Waals surface area contributed by atoms with Crippen molar-refractivity contribution in [3.8, 4) is 0 Å². The minimum absolute atomic E-state index is 0.122. The molecule has 0 spiro atoms. The van der Waals surface area contributed by atoms with Crippen LogP contribution in [0.2, 0.25) is 0 Å². The summed E-state index contributed by atoms with van der Waals surface area (Å²) < 4.78 is 35.3. The lowest BCUT2D eigenvalue weighted by Crippen LogP contribution is -2.44. The first kappa shape index (κ1) is 15.1. The van der Waals surface area contributed by atoms with E-state index < -0.39 is 18.8 Å². The van der Waals surface area contributed by atoms with E-state index in [0.717, 1.165) is 12.8 Å². The van der Waals surface area contributed by atoms with Gasteiger partial charge in [0, 0.05) is 6.04 Å². The Hall–Kier alpha value is -0.940. The van der Waals surface area contributed by atoms with Gasteiger partial charge in [0.15, 0.2) is 0 Å². The summed E-state index contributed by atoms with van der Waals surface area (Å²) in [5.41, 5.74) is 0. The fourth-order valence-electron chi connectivity index (χ4n) is 1.28. The van der Waals surface area contributed by atoms with Gasteiger partial charge in [0.25, 0.3) is 0 Å². The molecule has 0 aliphatic carbocycles. The normalized spacial score (nSPS) is 15.4. The van der Waals surface area contributed by atoms with Gasteiger partial charge in [-0.15, -0.1) is 0 Å². The minimum atomic E-state index is -4.36. The van der Waals surface area contributed by atoms with Crippen LogP contribution in [0.5, 0.6) is 0 Å². The number of nitrogens with one attached hydrogen (secondary N) is 2. The Balaban J connectivity index is 3.79. The molecule has 2 atom stereocenters. The molecule has 2 unspecified atom stereocenters. The first-order chi connectivity index (χ1) is 7.24. The Labute approximate surface area is 93.8 Å². The number of alkyl halides is 3. The van der Waals surface area contributed by atoms with Crippen molar-refractivity contribution >= 4 is 6.03 Å². The van der Waals surface area contributed by atoms with Crippen LogP contribution in [0, 0.1) is 5.92 Å². The highest BCUT2D eigenvalue weighted by Gasteiger charge is 2.27. The van der Waals surface area contributed by atoms with E-state index in [1.807, 2.05) is 13.8 Å². The minimum Gasteiger partial charge on any atom is -0.336 e. The number of urea groups is 1. The molecule has 6 heteroatoms. The monoisotopic (exact) mass is 240 g/mol.